The number of ether oxygens (including phenoxy) is 15. The maximum absolute atomic E-state index is 16.6. The van der Waals surface area contributed by atoms with Crippen LogP contribution in [-0.2, 0) is 90.3 Å². The molecule has 18 N–H and O–H groups in total. The van der Waals surface area contributed by atoms with Gasteiger partial charge in [0.1, 0.15) is 110 Å². The van der Waals surface area contributed by atoms with Gasteiger partial charge in [-0.3, -0.25) is 19.2 Å². The summed E-state index contributed by atoms with van der Waals surface area (Å²) in [5.74, 6) is -7.40. The average molecular weight is 1690 g/mol. The number of esters is 3. The molecule has 38 nitrogen and oxygen atoms in total. The summed E-state index contributed by atoms with van der Waals surface area (Å²) in [7, 11) is 1.47. The van der Waals surface area contributed by atoms with Crippen molar-refractivity contribution in [3.63, 3.8) is 0 Å². The third-order valence-corrected chi connectivity index (χ3v) is 27.9. The number of carboxylic acids is 2. The Morgan fingerprint density at radius 3 is 1.85 bits per heavy atom. The Hall–Kier alpha value is -5.23. The first-order chi connectivity index (χ1) is 55.3. The first kappa shape index (κ1) is 92.0. The molecule has 11 aliphatic rings. The molecule has 1 aromatic carbocycles. The van der Waals surface area contributed by atoms with Crippen LogP contribution in [0.25, 0.3) is 6.08 Å². The third kappa shape index (κ3) is 17.1. The number of aliphatic hydroxyl groups is 16. The molecule has 666 valence electrons. The molecule has 0 aromatic heterocycles. The molecule has 1 unspecified atom stereocenters. The summed E-state index contributed by atoms with van der Waals surface area (Å²) in [6.07, 6.45) is -47.1. The zero-order valence-electron chi connectivity index (χ0n) is 67.5. The fourth-order valence-corrected chi connectivity index (χ4v) is 21.1. The summed E-state index contributed by atoms with van der Waals surface area (Å²) >= 11 is 0. The number of aliphatic hydroxyl groups excluding tert-OH is 14. The van der Waals surface area contributed by atoms with Crippen LogP contribution in [0.1, 0.15) is 139 Å². The second kappa shape index (κ2) is 35.1. The quantitative estimate of drug-likeness (QED) is 0.0157. The minimum Gasteiger partial charge on any atom is -0.497 e. The van der Waals surface area contributed by atoms with Crippen molar-refractivity contribution in [2.45, 2.75) is 316 Å². The van der Waals surface area contributed by atoms with Crippen LogP contribution in [0.2, 0.25) is 0 Å². The van der Waals surface area contributed by atoms with Crippen molar-refractivity contribution in [2.75, 3.05) is 40.1 Å². The number of rotatable bonds is 25. The van der Waals surface area contributed by atoms with E-state index in [1.54, 1.807) is 24.3 Å². The van der Waals surface area contributed by atoms with Crippen LogP contribution in [0, 0.1) is 50.2 Å². The summed E-state index contributed by atoms with van der Waals surface area (Å²) in [6.45, 7) is 10.9. The molecule has 4 saturated carbocycles. The topological polar surface area (TPSA) is 588 Å². The Morgan fingerprint density at radius 1 is 0.593 bits per heavy atom. The molecule has 1 aromatic rings. The highest BCUT2D eigenvalue weighted by atomic mass is 16.8. The minimum absolute atomic E-state index is 0.0332. The van der Waals surface area contributed by atoms with Gasteiger partial charge in [0.15, 0.2) is 49.3 Å². The van der Waals surface area contributed by atoms with Gasteiger partial charge < -0.3 is 163 Å². The first-order valence-electron chi connectivity index (χ1n) is 40.3. The number of aliphatic carboxylic acids is 2. The van der Waals surface area contributed by atoms with Crippen LogP contribution in [-0.4, -0.2) is 345 Å². The monoisotopic (exact) mass is 1690 g/mol. The number of fused-ring (bicyclic) bond motifs is 7. The molecule has 0 radical (unpaired) electrons. The fourth-order valence-electron chi connectivity index (χ4n) is 21.1. The molecular formula is C80H118O38. The molecular weight excluding hydrogens is 1570 g/mol. The maximum Gasteiger partial charge on any atom is 0.331 e. The van der Waals surface area contributed by atoms with E-state index in [9.17, 15) is 111 Å². The van der Waals surface area contributed by atoms with E-state index in [1.807, 2.05) is 26.8 Å². The SMILES string of the molecule is COc1ccc(/C=C/C(=O)O[C@@H]2[C@H](O[C@@H]3O[C@@H](C)[C@H](O)[C@@H](O)[C@H]3O)[C@@H](O[C@@H]3O[C@@H](C)[C@H](O[C@@H]4OC[C@@H](O)[C@H](O)[C@H]4O)[C@@H](O[C@@H]4OC[C@](O)(COC(=O)CC(C)(O)CC(=O)O)[C@H]4O)[C@H]3O)[C@H](OC(=O)[C@]34CCC(C)(C)C[C@H]3C3=CC[C@@H]5[C@@]6(C)C[C@H](O)[C@H](O[C@@H]7O[C@H](CO)[C@@H](O)[C@H](O)[C@H]7O)[C@@](C)(C(=O)O)[C@@H]6CC[C@@]5(C)[C@]3(CO)CC4)O[C@@H]2C)cc1. The lowest BCUT2D eigenvalue weighted by molar-refractivity contribution is -0.397. The molecule has 10 fully saturated rings. The number of allylic oxidation sites excluding steroid dienone is 1. The predicted octanol–water partition coefficient (Wildman–Crippen LogP) is -2.58. The van der Waals surface area contributed by atoms with Crippen LogP contribution in [0.4, 0.5) is 0 Å². The molecule has 0 spiro atoms. The van der Waals surface area contributed by atoms with Gasteiger partial charge in [-0.05, 0) is 150 Å². The van der Waals surface area contributed by atoms with Gasteiger partial charge in [-0.1, -0.05) is 51.5 Å². The molecule has 118 heavy (non-hydrogen) atoms. The first-order valence-corrected chi connectivity index (χ1v) is 40.3. The standard InChI is InChI=1S/C80H118O38/c1-34-49(89)52(92)55(95)66(108-34)115-61-59(112-47(87)18-13-37-11-14-38(104-10)15-12-37)36(3)110-69(62(61)116-68-57(97)60(58(35(2)109-68)113-65-54(94)50(90)42(84)30-105-65)114-70-63(98)80(103,33-107-70)32-106-48(88)28-74(6,102)27-46(85)86)118-72(101)78-22-21-73(4,5)25-40(78)39-16-17-44-75(7)26-41(83)64(117-67-56(96)53(93)51(91)43(29-81)111-67)77(9,71(99)100)45(75)19-20-76(44,8)79(39,31-82)24-23-78/h11-16,18,34-36,40-45,49-70,81-84,89-98,102-103H,17,19-33H2,1-10H3,(H,85,86)(H,99,100)/b18-13+/t34-,35-,36+,40-,41-,42+,43+,44+,45+,49-,50-,51+,52+,53-,54+,55+,56+,57+,58-,59-,60-,61-,62+,63-,64-,65-,66-,67-,68-,69-,70-,74?,75+,76+,77-,78-,79-,80+/m0/s1. The number of hydrogen-bond donors (Lipinski definition) is 18. The Kier molecular flexibility index (Phi) is 27.3. The van der Waals surface area contributed by atoms with Crippen LogP contribution in [0.15, 0.2) is 42.0 Å². The Balaban J connectivity index is 0.907. The van der Waals surface area contributed by atoms with Crippen molar-refractivity contribution in [1.82, 2.24) is 0 Å². The van der Waals surface area contributed by atoms with Gasteiger partial charge in [-0.25, -0.2) is 4.79 Å². The number of carbonyl (C=O) groups excluding carboxylic acids is 3. The molecule has 38 atom stereocenters. The third-order valence-electron chi connectivity index (χ3n) is 27.9. The lowest BCUT2D eigenvalue weighted by Crippen LogP contribution is -2.71. The molecule has 0 bridgehead atoms. The van der Waals surface area contributed by atoms with E-state index in [-0.39, 0.29) is 38.5 Å². The number of hydrogen-bond acceptors (Lipinski definition) is 36. The van der Waals surface area contributed by atoms with Crippen molar-refractivity contribution in [3.8, 4) is 5.75 Å². The van der Waals surface area contributed by atoms with Gasteiger partial charge >= 0.3 is 29.8 Å². The maximum atomic E-state index is 16.6. The molecule has 6 aliphatic heterocycles. The largest absolute Gasteiger partial charge is 0.497 e. The van der Waals surface area contributed by atoms with Crippen LogP contribution in [0.3, 0.4) is 0 Å². The molecule has 12 rings (SSSR count). The van der Waals surface area contributed by atoms with Gasteiger partial charge in [0.25, 0.3) is 0 Å². The van der Waals surface area contributed by atoms with Gasteiger partial charge in [0, 0.05) is 11.5 Å². The smallest absolute Gasteiger partial charge is 0.331 e. The van der Waals surface area contributed by atoms with Crippen molar-refractivity contribution in [1.29, 1.82) is 0 Å². The van der Waals surface area contributed by atoms with Gasteiger partial charge in [-0.2, -0.15) is 0 Å². The zero-order valence-corrected chi connectivity index (χ0v) is 67.5. The molecule has 6 saturated heterocycles. The fraction of sp³-hybridized carbons (Fsp3) is 0.812. The van der Waals surface area contributed by atoms with E-state index in [0.717, 1.165) is 18.6 Å². The summed E-state index contributed by atoms with van der Waals surface area (Å²) < 4.78 is 92.3. The highest BCUT2D eigenvalue weighted by Gasteiger charge is 2.74. The van der Waals surface area contributed by atoms with Crippen LogP contribution < -0.4 is 4.74 Å². The van der Waals surface area contributed by atoms with Crippen molar-refractivity contribution < 1.29 is 187 Å². The van der Waals surface area contributed by atoms with Gasteiger partial charge in [0.05, 0.1) is 87.2 Å². The van der Waals surface area contributed by atoms with E-state index in [1.165, 1.54) is 40.9 Å². The van der Waals surface area contributed by atoms with Crippen LogP contribution >= 0.6 is 0 Å². The Bertz CT molecular complexity index is 3770. The Morgan fingerprint density at radius 2 is 1.19 bits per heavy atom. The van der Waals surface area contributed by atoms with Gasteiger partial charge in [0.2, 0.25) is 6.29 Å². The van der Waals surface area contributed by atoms with Gasteiger partial charge in [-0.15, -0.1) is 0 Å². The summed E-state index contributed by atoms with van der Waals surface area (Å²) in [5.41, 5.74) is -10.4. The van der Waals surface area contributed by atoms with E-state index in [0.29, 0.717) is 30.6 Å². The lowest BCUT2D eigenvalue weighted by Gasteiger charge is -2.71. The number of methoxy groups -OCH3 is 1. The van der Waals surface area contributed by atoms with E-state index >= 15 is 4.79 Å². The van der Waals surface area contributed by atoms with Crippen molar-refractivity contribution in [3.05, 3.63) is 47.6 Å². The summed E-state index contributed by atoms with van der Waals surface area (Å²) in [5, 5.41) is 202. The number of carboxylic acid groups (broad SMARTS) is 2. The second-order valence-corrected chi connectivity index (χ2v) is 36.2. The normalized spacial score (nSPS) is 47.3. The minimum atomic E-state index is -2.54. The molecule has 0 amide bonds. The Labute approximate surface area is 680 Å². The van der Waals surface area contributed by atoms with E-state index in [4.69, 9.17) is 71.1 Å². The molecule has 6 heterocycles. The number of carbonyl (C=O) groups is 5. The number of benzene rings is 1. The second-order valence-electron chi connectivity index (χ2n) is 36.2. The highest BCUT2D eigenvalue weighted by molar-refractivity contribution is 5.87. The lowest BCUT2D eigenvalue weighted by atomic mass is 9.33. The summed E-state index contributed by atoms with van der Waals surface area (Å²) in [6, 6.07) is 6.55. The van der Waals surface area contributed by atoms with E-state index in [2.05, 4.69) is 6.92 Å². The van der Waals surface area contributed by atoms with Crippen molar-refractivity contribution >= 4 is 35.9 Å². The predicted molar refractivity (Wildman–Crippen MR) is 394 cm³/mol. The van der Waals surface area contributed by atoms with E-state index < -0.39 is 309 Å². The summed E-state index contributed by atoms with van der Waals surface area (Å²) in [4.78, 5) is 69.6. The average Bonchev–Trinajstić information content (AvgIpc) is 0.693. The van der Waals surface area contributed by atoms with Crippen LogP contribution in [0.5, 0.6) is 5.75 Å². The zero-order chi connectivity index (χ0) is 86.4. The highest BCUT2D eigenvalue weighted by Crippen LogP contribution is 2.76. The molecule has 38 heteroatoms. The molecule has 5 aliphatic carbocycles. The van der Waals surface area contributed by atoms with Crippen molar-refractivity contribution in [2.24, 2.45) is 50.2 Å².